The van der Waals surface area contributed by atoms with E-state index in [0.29, 0.717) is 22.4 Å². The highest BCUT2D eigenvalue weighted by atomic mass is 16.5. The van der Waals surface area contributed by atoms with Crippen LogP contribution in [-0.4, -0.2) is 20.7 Å². The van der Waals surface area contributed by atoms with E-state index in [9.17, 15) is 9.59 Å². The Balaban J connectivity index is 1.62. The molecule has 27 heavy (non-hydrogen) atoms. The van der Waals surface area contributed by atoms with Crippen molar-refractivity contribution in [2.75, 3.05) is 0 Å². The standard InChI is InChI=1S/C20H17N3O4/c1-11-4-5-15-14(8-18(24)27-17(15)6-11)10-26-20(25)13-7-16-12(2)22-23(3)19(16)21-9-13/h4-9H,10H2,1-3H3. The quantitative estimate of drug-likeness (QED) is 0.411. The molecule has 0 spiro atoms. The number of nitrogens with zero attached hydrogens (tertiary/aromatic N) is 3. The molecule has 4 rings (SSSR count). The van der Waals surface area contributed by atoms with Gasteiger partial charge < -0.3 is 9.15 Å². The number of rotatable bonds is 3. The fourth-order valence-corrected chi connectivity index (χ4v) is 3.10. The van der Waals surface area contributed by atoms with E-state index in [-0.39, 0.29) is 6.61 Å². The summed E-state index contributed by atoms with van der Waals surface area (Å²) in [5, 5.41) is 5.83. The van der Waals surface area contributed by atoms with E-state index in [1.807, 2.05) is 26.0 Å². The van der Waals surface area contributed by atoms with Gasteiger partial charge in [-0.1, -0.05) is 12.1 Å². The zero-order valence-electron chi connectivity index (χ0n) is 15.1. The molecule has 0 saturated heterocycles. The number of aryl methyl sites for hydroxylation is 3. The van der Waals surface area contributed by atoms with Crippen LogP contribution in [0, 0.1) is 13.8 Å². The fourth-order valence-electron chi connectivity index (χ4n) is 3.10. The first-order valence-corrected chi connectivity index (χ1v) is 8.42. The maximum Gasteiger partial charge on any atom is 0.340 e. The summed E-state index contributed by atoms with van der Waals surface area (Å²) in [5.74, 6) is -0.513. The maximum absolute atomic E-state index is 12.5. The molecule has 0 bridgehead atoms. The monoisotopic (exact) mass is 363 g/mol. The van der Waals surface area contributed by atoms with Crippen molar-refractivity contribution in [3.8, 4) is 0 Å². The number of carbonyl (C=O) groups excluding carboxylic acids is 1. The van der Waals surface area contributed by atoms with E-state index in [0.717, 1.165) is 22.0 Å². The average molecular weight is 363 g/mol. The predicted molar refractivity (Wildman–Crippen MR) is 99.6 cm³/mol. The Morgan fingerprint density at radius 2 is 2.00 bits per heavy atom. The van der Waals surface area contributed by atoms with Gasteiger partial charge in [0, 0.05) is 35.6 Å². The maximum atomic E-state index is 12.5. The molecule has 0 N–H and O–H groups in total. The first kappa shape index (κ1) is 17.0. The Morgan fingerprint density at radius 3 is 2.81 bits per heavy atom. The molecule has 0 aliphatic rings. The second-order valence-electron chi connectivity index (χ2n) is 6.47. The number of ether oxygens (including phenoxy) is 1. The van der Waals surface area contributed by atoms with Crippen molar-refractivity contribution in [1.82, 2.24) is 14.8 Å². The summed E-state index contributed by atoms with van der Waals surface area (Å²) in [4.78, 5) is 28.5. The first-order chi connectivity index (χ1) is 12.9. The van der Waals surface area contributed by atoms with E-state index in [1.165, 1.54) is 12.3 Å². The summed E-state index contributed by atoms with van der Waals surface area (Å²) in [5.41, 5.74) is 3.40. The van der Waals surface area contributed by atoms with Gasteiger partial charge in [-0.05, 0) is 31.5 Å². The van der Waals surface area contributed by atoms with Gasteiger partial charge in [0.05, 0.1) is 11.3 Å². The minimum Gasteiger partial charge on any atom is -0.457 e. The molecule has 0 atom stereocenters. The zero-order valence-corrected chi connectivity index (χ0v) is 15.1. The second kappa shape index (κ2) is 6.35. The summed E-state index contributed by atoms with van der Waals surface area (Å²) in [6.45, 7) is 3.74. The van der Waals surface area contributed by atoms with Crippen molar-refractivity contribution in [3.63, 3.8) is 0 Å². The molecule has 7 nitrogen and oxygen atoms in total. The summed E-state index contributed by atoms with van der Waals surface area (Å²) in [6, 6.07) is 8.61. The van der Waals surface area contributed by atoms with Crippen LogP contribution in [0.1, 0.15) is 27.2 Å². The van der Waals surface area contributed by atoms with Gasteiger partial charge in [0.15, 0.2) is 5.65 Å². The van der Waals surface area contributed by atoms with Crippen LogP contribution in [0.3, 0.4) is 0 Å². The first-order valence-electron chi connectivity index (χ1n) is 8.42. The molecule has 3 heterocycles. The minimum absolute atomic E-state index is 0.0337. The molecule has 0 fully saturated rings. The van der Waals surface area contributed by atoms with Crippen LogP contribution in [0.4, 0.5) is 0 Å². The Labute approximate surface area is 154 Å². The van der Waals surface area contributed by atoms with Crippen molar-refractivity contribution >= 4 is 28.0 Å². The van der Waals surface area contributed by atoms with Crippen LogP contribution in [0.2, 0.25) is 0 Å². The third kappa shape index (κ3) is 3.08. The Morgan fingerprint density at radius 1 is 1.19 bits per heavy atom. The number of esters is 1. The lowest BCUT2D eigenvalue weighted by Gasteiger charge is -2.08. The van der Waals surface area contributed by atoms with Crippen molar-refractivity contribution in [3.05, 3.63) is 69.3 Å². The molecule has 4 aromatic rings. The van der Waals surface area contributed by atoms with Crippen LogP contribution in [0.25, 0.3) is 22.0 Å². The highest BCUT2D eigenvalue weighted by Gasteiger charge is 2.14. The second-order valence-corrected chi connectivity index (χ2v) is 6.47. The molecule has 7 heteroatoms. The van der Waals surface area contributed by atoms with Gasteiger partial charge in [0.1, 0.15) is 12.2 Å². The smallest absolute Gasteiger partial charge is 0.340 e. The van der Waals surface area contributed by atoms with Gasteiger partial charge in [0.25, 0.3) is 0 Å². The van der Waals surface area contributed by atoms with E-state index < -0.39 is 11.6 Å². The average Bonchev–Trinajstić information content (AvgIpc) is 2.92. The molecule has 0 aliphatic heterocycles. The van der Waals surface area contributed by atoms with Gasteiger partial charge in [-0.3, -0.25) is 4.68 Å². The lowest BCUT2D eigenvalue weighted by Crippen LogP contribution is -2.08. The van der Waals surface area contributed by atoms with Crippen LogP contribution in [0.5, 0.6) is 0 Å². The summed E-state index contributed by atoms with van der Waals surface area (Å²) in [7, 11) is 1.80. The number of aromatic nitrogens is 3. The fraction of sp³-hybridized carbons (Fsp3) is 0.200. The Kier molecular flexibility index (Phi) is 3.99. The van der Waals surface area contributed by atoms with Crippen molar-refractivity contribution in [2.24, 2.45) is 7.05 Å². The predicted octanol–water partition coefficient (Wildman–Crippen LogP) is 3.05. The largest absolute Gasteiger partial charge is 0.457 e. The number of benzene rings is 1. The highest BCUT2D eigenvalue weighted by Crippen LogP contribution is 2.21. The van der Waals surface area contributed by atoms with E-state index >= 15 is 0 Å². The molecular weight excluding hydrogens is 346 g/mol. The topological polar surface area (TPSA) is 87.2 Å². The van der Waals surface area contributed by atoms with Crippen molar-refractivity contribution in [2.45, 2.75) is 20.5 Å². The normalized spacial score (nSPS) is 11.2. The Bertz CT molecular complexity index is 1250. The molecule has 136 valence electrons. The molecule has 0 saturated carbocycles. The van der Waals surface area contributed by atoms with Crippen molar-refractivity contribution in [1.29, 1.82) is 0 Å². The third-order valence-corrected chi connectivity index (χ3v) is 4.44. The summed E-state index contributed by atoms with van der Waals surface area (Å²) < 4.78 is 12.3. The van der Waals surface area contributed by atoms with Gasteiger partial charge in [-0.15, -0.1) is 0 Å². The van der Waals surface area contributed by atoms with E-state index in [2.05, 4.69) is 10.1 Å². The molecule has 0 unspecified atom stereocenters. The highest BCUT2D eigenvalue weighted by molar-refractivity contribution is 5.93. The SMILES string of the molecule is Cc1ccc2c(COC(=O)c3cnc4c(c3)c(C)nn4C)cc(=O)oc2c1. The lowest BCUT2D eigenvalue weighted by molar-refractivity contribution is 0.0473. The molecule has 1 aromatic carbocycles. The number of carbonyl (C=O) groups is 1. The molecular formula is C20H17N3O4. The summed E-state index contributed by atoms with van der Waals surface area (Å²) in [6.07, 6.45) is 1.46. The molecule has 0 amide bonds. The number of fused-ring (bicyclic) bond motifs is 2. The van der Waals surface area contributed by atoms with Gasteiger partial charge in [-0.2, -0.15) is 5.10 Å². The lowest BCUT2D eigenvalue weighted by atomic mass is 10.1. The zero-order chi connectivity index (χ0) is 19.1. The van der Waals surface area contributed by atoms with Crippen LogP contribution in [-0.2, 0) is 18.4 Å². The molecule has 0 radical (unpaired) electrons. The number of hydrogen-bond donors (Lipinski definition) is 0. The van der Waals surface area contributed by atoms with Gasteiger partial charge >= 0.3 is 11.6 Å². The minimum atomic E-state index is -0.513. The number of pyridine rings is 1. The number of hydrogen-bond acceptors (Lipinski definition) is 6. The van der Waals surface area contributed by atoms with Crippen molar-refractivity contribution < 1.29 is 13.9 Å². The van der Waals surface area contributed by atoms with Crippen LogP contribution >= 0.6 is 0 Å². The van der Waals surface area contributed by atoms with E-state index in [4.69, 9.17) is 9.15 Å². The molecule has 0 aliphatic carbocycles. The van der Waals surface area contributed by atoms with Gasteiger partial charge in [-0.25, -0.2) is 14.6 Å². The van der Waals surface area contributed by atoms with Gasteiger partial charge in [0.2, 0.25) is 0 Å². The van der Waals surface area contributed by atoms with Crippen LogP contribution < -0.4 is 5.63 Å². The van der Waals surface area contributed by atoms with E-state index in [1.54, 1.807) is 23.9 Å². The Hall–Kier alpha value is -3.48. The molecule has 3 aromatic heterocycles. The van der Waals surface area contributed by atoms with Crippen LogP contribution in [0.15, 0.2) is 45.7 Å². The summed E-state index contributed by atoms with van der Waals surface area (Å²) >= 11 is 0. The third-order valence-electron chi connectivity index (χ3n) is 4.44.